The van der Waals surface area contributed by atoms with Crippen molar-refractivity contribution < 1.29 is 9.53 Å². The van der Waals surface area contributed by atoms with Gasteiger partial charge >= 0.3 is 5.97 Å². The van der Waals surface area contributed by atoms with Crippen LogP contribution in [0.1, 0.15) is 69.1 Å². The van der Waals surface area contributed by atoms with Crippen LogP contribution in [0.4, 0.5) is 0 Å². The number of hydrogen-bond donors (Lipinski definition) is 0. The molecule has 0 aliphatic carbocycles. The Kier molecular flexibility index (Phi) is 10.8. The van der Waals surface area contributed by atoms with E-state index in [1.165, 1.54) is 12.8 Å². The predicted molar refractivity (Wildman–Crippen MR) is 168 cm³/mol. The van der Waals surface area contributed by atoms with E-state index in [9.17, 15) is 4.79 Å². The summed E-state index contributed by atoms with van der Waals surface area (Å²) in [5.74, 6) is 0.702. The molecule has 41 heavy (non-hydrogen) atoms. The molecular formula is C35H42ClN3O2. The highest BCUT2D eigenvalue weighted by Gasteiger charge is 2.39. The highest BCUT2D eigenvalue weighted by molar-refractivity contribution is 5.85. The largest absolute Gasteiger partial charge is 0.405 e. The highest BCUT2D eigenvalue weighted by atomic mass is 35.5. The maximum atomic E-state index is 13.6. The van der Waals surface area contributed by atoms with Crippen molar-refractivity contribution in [2.24, 2.45) is 5.92 Å². The fourth-order valence-electron chi connectivity index (χ4n) is 6.23. The van der Waals surface area contributed by atoms with Crippen LogP contribution in [-0.4, -0.2) is 39.6 Å². The number of carbonyl (C=O) groups excluding carboxylic acids is 1. The number of esters is 1. The Morgan fingerprint density at radius 2 is 1.44 bits per heavy atom. The summed E-state index contributed by atoms with van der Waals surface area (Å²) in [6, 6.07) is 31.1. The summed E-state index contributed by atoms with van der Waals surface area (Å²) in [6.45, 7) is 6.33. The monoisotopic (exact) mass is 571 g/mol. The molecule has 1 aliphatic heterocycles. The van der Waals surface area contributed by atoms with E-state index in [1.54, 1.807) is 6.33 Å². The van der Waals surface area contributed by atoms with E-state index in [2.05, 4.69) is 101 Å². The van der Waals surface area contributed by atoms with E-state index >= 15 is 0 Å². The summed E-state index contributed by atoms with van der Waals surface area (Å²) >= 11 is 0. The zero-order valence-electron chi connectivity index (χ0n) is 24.2. The Hall–Kier alpha value is -3.41. The lowest BCUT2D eigenvalue weighted by Gasteiger charge is -2.37. The summed E-state index contributed by atoms with van der Waals surface area (Å²) in [5, 5.41) is 0. The third-order valence-electron chi connectivity index (χ3n) is 8.45. The van der Waals surface area contributed by atoms with Crippen LogP contribution in [0.15, 0.2) is 104 Å². The van der Waals surface area contributed by atoms with Gasteiger partial charge < -0.3 is 9.30 Å². The van der Waals surface area contributed by atoms with Crippen LogP contribution in [0, 0.1) is 5.92 Å². The van der Waals surface area contributed by atoms with Crippen LogP contribution in [0.25, 0.3) is 0 Å². The smallest absolute Gasteiger partial charge is 0.330 e. The number of halogens is 1. The van der Waals surface area contributed by atoms with Gasteiger partial charge in [-0.05, 0) is 55.0 Å². The molecule has 1 fully saturated rings. The van der Waals surface area contributed by atoms with Crippen molar-refractivity contribution in [1.82, 2.24) is 14.5 Å². The number of nitrogens with zero attached hydrogens (tertiary/aromatic N) is 3. The van der Waals surface area contributed by atoms with E-state index in [1.807, 2.05) is 24.4 Å². The quantitative estimate of drug-likeness (QED) is 0.105. The van der Waals surface area contributed by atoms with Crippen LogP contribution in [0.5, 0.6) is 5.88 Å². The Balaban J connectivity index is 0.00000387. The van der Waals surface area contributed by atoms with Gasteiger partial charge in [-0.25, -0.2) is 9.78 Å². The Morgan fingerprint density at radius 3 is 1.95 bits per heavy atom. The minimum atomic E-state index is -0.689. The van der Waals surface area contributed by atoms with Gasteiger partial charge in [-0.1, -0.05) is 124 Å². The second-order valence-electron chi connectivity index (χ2n) is 10.9. The van der Waals surface area contributed by atoms with Crippen molar-refractivity contribution >= 4 is 18.4 Å². The first-order chi connectivity index (χ1) is 19.7. The summed E-state index contributed by atoms with van der Waals surface area (Å²) in [4.78, 5) is 20.6. The molecule has 2 heterocycles. The van der Waals surface area contributed by atoms with Crippen molar-refractivity contribution in [3.8, 4) is 5.88 Å². The van der Waals surface area contributed by atoms with Crippen LogP contribution in [0.2, 0.25) is 0 Å². The lowest BCUT2D eigenvalue weighted by atomic mass is 9.77. The Bertz CT molecular complexity index is 1240. The van der Waals surface area contributed by atoms with Gasteiger partial charge in [0.1, 0.15) is 17.9 Å². The molecule has 1 aliphatic rings. The fourth-order valence-corrected chi connectivity index (χ4v) is 6.23. The lowest BCUT2D eigenvalue weighted by Crippen LogP contribution is -2.49. The first-order valence-corrected chi connectivity index (χ1v) is 14.8. The molecule has 0 saturated carbocycles. The molecule has 4 aromatic rings. The number of ether oxygens (including phenoxy) is 1. The maximum absolute atomic E-state index is 13.6. The summed E-state index contributed by atoms with van der Waals surface area (Å²) < 4.78 is 8.14. The summed E-state index contributed by atoms with van der Waals surface area (Å²) in [5.41, 5.74) is 2.61. The minimum absolute atomic E-state index is 0. The lowest BCUT2D eigenvalue weighted by molar-refractivity contribution is -0.143. The van der Waals surface area contributed by atoms with Gasteiger partial charge in [0.25, 0.3) is 0 Å². The Labute approximate surface area is 251 Å². The fraction of sp³-hybridized carbons (Fsp3) is 0.371. The average Bonchev–Trinajstić information content (AvgIpc) is 3.48. The molecule has 0 bridgehead atoms. The van der Waals surface area contributed by atoms with Crippen molar-refractivity contribution in [3.63, 3.8) is 0 Å². The molecule has 1 aromatic heterocycles. The SMILES string of the molecule is CCCCCN1CCC(CC)CC1C(=O)Oc1cn(C(c2ccccc2)(c2ccccc2)c2ccccc2)cn1.Cl. The first kappa shape index (κ1) is 30.5. The molecule has 1 saturated heterocycles. The van der Waals surface area contributed by atoms with Gasteiger partial charge in [-0.3, -0.25) is 4.90 Å². The molecule has 2 unspecified atom stereocenters. The van der Waals surface area contributed by atoms with Crippen LogP contribution >= 0.6 is 12.4 Å². The standard InChI is InChI=1S/C35H41N3O2.ClH/c1-3-5-15-23-37-24-22-28(4-2)25-32(37)34(39)40-33-26-38(27-36-33)35(29-16-9-6-10-17-29,30-18-11-7-12-19-30)31-20-13-8-14-21-31;/h6-14,16-21,26-28,32H,3-5,15,22-25H2,1-2H3;1H. The third kappa shape index (κ3) is 6.58. The second-order valence-corrected chi connectivity index (χ2v) is 10.9. The van der Waals surface area contributed by atoms with Crippen LogP contribution in [0.3, 0.4) is 0 Å². The van der Waals surface area contributed by atoms with Gasteiger partial charge in [0.15, 0.2) is 0 Å². The molecule has 0 spiro atoms. The Morgan fingerprint density at radius 1 is 0.878 bits per heavy atom. The average molecular weight is 572 g/mol. The van der Waals surface area contributed by atoms with Crippen molar-refractivity contribution in [2.45, 2.75) is 64.0 Å². The third-order valence-corrected chi connectivity index (χ3v) is 8.45. The zero-order valence-corrected chi connectivity index (χ0v) is 25.0. The number of likely N-dealkylation sites (tertiary alicyclic amines) is 1. The number of aromatic nitrogens is 2. The van der Waals surface area contributed by atoms with Gasteiger partial charge in [0.05, 0.1) is 6.20 Å². The molecule has 0 radical (unpaired) electrons. The number of unbranched alkanes of at least 4 members (excludes halogenated alkanes) is 2. The molecule has 3 aromatic carbocycles. The van der Waals surface area contributed by atoms with Gasteiger partial charge in [0, 0.05) is 0 Å². The van der Waals surface area contributed by atoms with E-state index < -0.39 is 5.54 Å². The first-order valence-electron chi connectivity index (χ1n) is 14.8. The molecule has 2 atom stereocenters. The van der Waals surface area contributed by atoms with Gasteiger partial charge in [-0.2, -0.15) is 0 Å². The number of piperidine rings is 1. The number of benzene rings is 3. The van der Waals surface area contributed by atoms with Crippen LogP contribution in [-0.2, 0) is 10.3 Å². The van der Waals surface area contributed by atoms with E-state index in [0.717, 1.165) is 55.5 Å². The van der Waals surface area contributed by atoms with Crippen molar-refractivity contribution in [1.29, 1.82) is 0 Å². The highest BCUT2D eigenvalue weighted by Crippen LogP contribution is 2.41. The number of hydrogen-bond acceptors (Lipinski definition) is 4. The van der Waals surface area contributed by atoms with E-state index in [-0.39, 0.29) is 24.4 Å². The maximum Gasteiger partial charge on any atom is 0.330 e. The number of imidazole rings is 1. The molecule has 0 N–H and O–H groups in total. The second kappa shape index (κ2) is 14.5. The van der Waals surface area contributed by atoms with Crippen molar-refractivity contribution in [2.75, 3.05) is 13.1 Å². The normalized spacial score (nSPS) is 17.5. The van der Waals surface area contributed by atoms with E-state index in [4.69, 9.17) is 4.74 Å². The molecule has 5 rings (SSSR count). The summed E-state index contributed by atoms with van der Waals surface area (Å²) in [6.07, 6.45) is 10.2. The summed E-state index contributed by atoms with van der Waals surface area (Å²) in [7, 11) is 0. The number of carbonyl (C=O) groups is 1. The molecule has 0 amide bonds. The zero-order chi connectivity index (χ0) is 27.8. The van der Waals surface area contributed by atoms with Gasteiger partial charge in [-0.15, -0.1) is 12.4 Å². The molecule has 6 heteroatoms. The number of rotatable bonds is 11. The molecular weight excluding hydrogens is 530 g/mol. The van der Waals surface area contributed by atoms with Crippen LogP contribution < -0.4 is 4.74 Å². The topological polar surface area (TPSA) is 47.4 Å². The van der Waals surface area contributed by atoms with Crippen molar-refractivity contribution in [3.05, 3.63) is 120 Å². The minimum Gasteiger partial charge on any atom is -0.405 e. The predicted octanol–water partition coefficient (Wildman–Crippen LogP) is 7.73. The van der Waals surface area contributed by atoms with Gasteiger partial charge in [0.2, 0.25) is 5.88 Å². The van der Waals surface area contributed by atoms with E-state index in [0.29, 0.717) is 11.8 Å². The molecule has 5 nitrogen and oxygen atoms in total. The molecule has 216 valence electrons.